The average molecular weight is 572 g/mol. The number of rotatable bonds is 7. The number of carbonyl (C=O) groups is 5. The molecule has 218 valence electrons. The monoisotopic (exact) mass is 571 g/mol. The topological polar surface area (TPSA) is 101 Å². The Kier molecular flexibility index (Phi) is 8.68. The van der Waals surface area contributed by atoms with Crippen molar-refractivity contribution in [2.45, 2.75) is 46.3 Å². The van der Waals surface area contributed by atoms with Crippen molar-refractivity contribution in [3.63, 3.8) is 0 Å². The molecular formula is C34H36N2O6. The van der Waals surface area contributed by atoms with E-state index in [1.165, 1.54) is 4.90 Å². The molecule has 2 aliphatic heterocycles. The molecular weight excluding hydrogens is 532 g/mol. The van der Waals surface area contributed by atoms with Crippen molar-refractivity contribution >= 4 is 29.4 Å². The lowest BCUT2D eigenvalue weighted by molar-refractivity contribution is -0.168. The predicted octanol–water partition coefficient (Wildman–Crippen LogP) is 4.36. The zero-order valence-corrected chi connectivity index (χ0v) is 23.5. The summed E-state index contributed by atoms with van der Waals surface area (Å²) in [5.41, 5.74) is 0.0493. The van der Waals surface area contributed by atoms with Crippen molar-refractivity contribution in [3.05, 3.63) is 108 Å². The Morgan fingerprint density at radius 1 is 0.786 bits per heavy atom. The second kappa shape index (κ2) is 13.9. The number of esters is 1. The molecule has 2 fully saturated rings. The van der Waals surface area contributed by atoms with Crippen molar-refractivity contribution in [1.82, 2.24) is 9.80 Å². The smallest absolute Gasteiger partial charge is 0.320 e. The number of amides is 2. The van der Waals surface area contributed by atoms with Crippen LogP contribution in [0.15, 0.2) is 91.0 Å². The summed E-state index contributed by atoms with van der Waals surface area (Å²) in [5, 5.41) is 0. The van der Waals surface area contributed by atoms with E-state index in [4.69, 9.17) is 8.85 Å². The van der Waals surface area contributed by atoms with Crippen molar-refractivity contribution in [1.29, 1.82) is 0 Å². The molecule has 8 nitrogen and oxygen atoms in total. The largest absolute Gasteiger partial charge is 0.460 e. The molecule has 2 aliphatic rings. The third kappa shape index (κ3) is 7.78. The summed E-state index contributed by atoms with van der Waals surface area (Å²) >= 11 is 0. The van der Waals surface area contributed by atoms with Crippen LogP contribution in [0.1, 0.15) is 47.4 Å². The minimum atomic E-state index is -2.99. The van der Waals surface area contributed by atoms with E-state index in [0.29, 0.717) is 18.5 Å². The molecule has 3 aromatic rings. The van der Waals surface area contributed by atoms with Gasteiger partial charge in [-0.2, -0.15) is 0 Å². The number of piperidine rings is 2. The minimum Gasteiger partial charge on any atom is -0.460 e. The number of benzene rings is 3. The average Bonchev–Trinajstić information content (AvgIpc) is 3.01. The van der Waals surface area contributed by atoms with Gasteiger partial charge in [-0.15, -0.1) is 0 Å². The Bertz CT molecular complexity index is 1520. The van der Waals surface area contributed by atoms with Crippen molar-refractivity contribution in [2.75, 3.05) is 13.1 Å². The molecule has 2 atom stereocenters. The summed E-state index contributed by atoms with van der Waals surface area (Å²) in [7, 11) is 0. The van der Waals surface area contributed by atoms with E-state index in [9.17, 15) is 24.0 Å². The van der Waals surface area contributed by atoms with Gasteiger partial charge in [0.05, 0.1) is 13.1 Å². The van der Waals surface area contributed by atoms with Crippen LogP contribution in [0.2, 0.25) is 0 Å². The zero-order chi connectivity index (χ0) is 32.6. The van der Waals surface area contributed by atoms with Crippen LogP contribution in [-0.2, 0) is 48.4 Å². The van der Waals surface area contributed by atoms with E-state index >= 15 is 0 Å². The number of hydrogen-bond acceptors (Lipinski definition) is 6. The number of nitrogens with zero attached hydrogens (tertiary/aromatic N) is 2. The SMILES string of the molecule is CC1CC(=O)N(Cc2ccccc2)CC1=O.[2H]C([2H])([2H])C1(C(=O)OCc2ccccc2)CC(=O)N(Cc2ccccc2)CC1=O. The fourth-order valence-corrected chi connectivity index (χ4v) is 4.70. The van der Waals surface area contributed by atoms with Crippen LogP contribution in [-0.4, -0.2) is 52.2 Å². The molecule has 0 saturated carbocycles. The number of hydrogen-bond donors (Lipinski definition) is 0. The third-order valence-corrected chi connectivity index (χ3v) is 7.30. The third-order valence-electron chi connectivity index (χ3n) is 7.30. The number of ether oxygens (including phenoxy) is 1. The van der Waals surface area contributed by atoms with Gasteiger partial charge >= 0.3 is 5.97 Å². The Labute approximate surface area is 250 Å². The van der Waals surface area contributed by atoms with Gasteiger partial charge in [0.2, 0.25) is 11.8 Å². The first-order chi connectivity index (χ1) is 21.4. The first-order valence-corrected chi connectivity index (χ1v) is 13.8. The summed E-state index contributed by atoms with van der Waals surface area (Å²) < 4.78 is 28.7. The quantitative estimate of drug-likeness (QED) is 0.309. The van der Waals surface area contributed by atoms with Crippen molar-refractivity contribution in [2.24, 2.45) is 11.3 Å². The molecule has 8 heteroatoms. The van der Waals surface area contributed by atoms with E-state index in [0.717, 1.165) is 11.1 Å². The molecule has 3 aromatic carbocycles. The van der Waals surface area contributed by atoms with Gasteiger partial charge in [-0.3, -0.25) is 24.0 Å². The van der Waals surface area contributed by atoms with Crippen LogP contribution in [0.3, 0.4) is 0 Å². The van der Waals surface area contributed by atoms with E-state index < -0.39 is 42.9 Å². The highest BCUT2D eigenvalue weighted by Gasteiger charge is 2.49. The molecule has 2 unspecified atom stereocenters. The van der Waals surface area contributed by atoms with Gasteiger partial charge in [0.15, 0.2) is 11.6 Å². The van der Waals surface area contributed by atoms with E-state index in [1.807, 2.05) is 43.3 Å². The lowest BCUT2D eigenvalue weighted by atomic mass is 9.78. The molecule has 2 saturated heterocycles. The van der Waals surface area contributed by atoms with Crippen LogP contribution >= 0.6 is 0 Å². The Balaban J connectivity index is 0.000000242. The molecule has 2 heterocycles. The minimum absolute atomic E-state index is 0.0796. The standard InChI is InChI=1S/C21H21NO4.C13H15NO2/c1-21(20(25)26-15-17-10-6-3-7-11-17)12-19(24)22(14-18(21)23)13-16-8-4-2-5-9-16;1-10-7-13(16)14(9-12(10)15)8-11-5-3-2-4-6-11/h2-11H,12-15H2,1H3;2-6,10H,7-9H2,1H3/i1D3;. The Morgan fingerprint density at radius 2 is 1.29 bits per heavy atom. The molecule has 5 rings (SSSR count). The first-order valence-electron chi connectivity index (χ1n) is 15.3. The summed E-state index contributed by atoms with van der Waals surface area (Å²) in [4.78, 5) is 64.6. The Hall–Kier alpha value is -4.59. The Morgan fingerprint density at radius 3 is 1.81 bits per heavy atom. The maximum Gasteiger partial charge on any atom is 0.320 e. The summed E-state index contributed by atoms with van der Waals surface area (Å²) in [5.74, 6) is -2.45. The summed E-state index contributed by atoms with van der Waals surface area (Å²) in [6, 6.07) is 27.5. The predicted molar refractivity (Wildman–Crippen MR) is 156 cm³/mol. The molecule has 0 bridgehead atoms. The van der Waals surface area contributed by atoms with Gasteiger partial charge in [-0.05, 0) is 23.5 Å². The fourth-order valence-electron chi connectivity index (χ4n) is 4.70. The van der Waals surface area contributed by atoms with Gasteiger partial charge in [0.1, 0.15) is 12.0 Å². The molecule has 0 spiro atoms. The number of Topliss-reactive ketones (excluding diaryl/α,β-unsaturated/α-hetero) is 2. The van der Waals surface area contributed by atoms with Crippen molar-refractivity contribution < 1.29 is 32.8 Å². The van der Waals surface area contributed by atoms with Crippen LogP contribution < -0.4 is 0 Å². The van der Waals surface area contributed by atoms with Gasteiger partial charge in [-0.1, -0.05) is 97.9 Å². The van der Waals surface area contributed by atoms with Gasteiger partial charge in [0.25, 0.3) is 0 Å². The second-order valence-electron chi connectivity index (χ2n) is 10.6. The lowest BCUT2D eigenvalue weighted by Crippen LogP contribution is -2.53. The molecule has 0 aromatic heterocycles. The molecule has 42 heavy (non-hydrogen) atoms. The number of ketones is 2. The molecule has 0 aliphatic carbocycles. The van der Waals surface area contributed by atoms with Crippen molar-refractivity contribution in [3.8, 4) is 0 Å². The normalized spacial score (nSPS) is 21.9. The van der Waals surface area contributed by atoms with Gasteiger partial charge in [0, 0.05) is 36.0 Å². The number of carbonyl (C=O) groups excluding carboxylic acids is 5. The summed E-state index contributed by atoms with van der Waals surface area (Å²) in [6.07, 6.45) is -0.380. The van der Waals surface area contributed by atoms with Crippen LogP contribution in [0.5, 0.6) is 0 Å². The lowest BCUT2D eigenvalue weighted by Gasteiger charge is -2.35. The number of likely N-dealkylation sites (tertiary alicyclic amines) is 2. The highest BCUT2D eigenvalue weighted by molar-refractivity contribution is 6.10. The maximum atomic E-state index is 12.9. The first kappa shape index (κ1) is 26.3. The van der Waals surface area contributed by atoms with E-state index in [1.54, 1.807) is 59.5 Å². The van der Waals surface area contributed by atoms with E-state index in [2.05, 4.69) is 0 Å². The second-order valence-corrected chi connectivity index (χ2v) is 10.6. The van der Waals surface area contributed by atoms with E-state index in [-0.39, 0.29) is 37.3 Å². The molecule has 2 amide bonds. The maximum absolute atomic E-state index is 12.9. The zero-order valence-electron chi connectivity index (χ0n) is 26.5. The van der Waals surface area contributed by atoms with Crippen LogP contribution in [0.25, 0.3) is 0 Å². The highest BCUT2D eigenvalue weighted by Crippen LogP contribution is 2.31. The highest BCUT2D eigenvalue weighted by atomic mass is 16.5. The molecule has 0 radical (unpaired) electrons. The van der Waals surface area contributed by atoms with Crippen LogP contribution in [0, 0.1) is 11.3 Å². The summed E-state index contributed by atoms with van der Waals surface area (Å²) in [6.45, 7) is -0.833. The molecule has 0 N–H and O–H groups in total. The van der Waals surface area contributed by atoms with Gasteiger partial charge < -0.3 is 14.5 Å². The fraction of sp³-hybridized carbons (Fsp3) is 0.324. The van der Waals surface area contributed by atoms with Gasteiger partial charge in [-0.25, -0.2) is 0 Å². The van der Waals surface area contributed by atoms with Crippen LogP contribution in [0.4, 0.5) is 0 Å².